The highest BCUT2D eigenvalue weighted by atomic mass is 16.5. The molecule has 0 fully saturated rings. The van der Waals surface area contributed by atoms with Crippen molar-refractivity contribution in [3.05, 3.63) is 59.7 Å². The van der Waals surface area contributed by atoms with E-state index >= 15 is 0 Å². The quantitative estimate of drug-likeness (QED) is 0.184. The van der Waals surface area contributed by atoms with Crippen LogP contribution < -0.4 is 16.0 Å². The number of hydrogen-bond donors (Lipinski definition) is 5. The van der Waals surface area contributed by atoms with Crippen LogP contribution in [-0.2, 0) is 6.42 Å². The van der Waals surface area contributed by atoms with Crippen LogP contribution in [0.25, 0.3) is 11.1 Å². The van der Waals surface area contributed by atoms with Gasteiger partial charge in [-0.05, 0) is 42.2 Å². The second-order valence-corrected chi connectivity index (χ2v) is 7.92. The SMILES string of the molecule is CCc1ccc(-c2ccc(C(=O)N[C@@H](CNCCN(O)C(=O)NCCC#N)[C@@H](C)O)cc2)cc1. The van der Waals surface area contributed by atoms with Gasteiger partial charge in [-0.1, -0.05) is 43.3 Å². The Bertz CT molecular complexity index is 955. The highest BCUT2D eigenvalue weighted by molar-refractivity contribution is 5.95. The maximum Gasteiger partial charge on any atom is 0.341 e. The molecule has 2 aromatic carbocycles. The van der Waals surface area contributed by atoms with Gasteiger partial charge in [0.25, 0.3) is 5.91 Å². The van der Waals surface area contributed by atoms with Gasteiger partial charge in [-0.2, -0.15) is 5.26 Å². The molecule has 0 spiro atoms. The van der Waals surface area contributed by atoms with Crippen molar-refractivity contribution in [2.45, 2.75) is 38.8 Å². The van der Waals surface area contributed by atoms with Crippen LogP contribution in [-0.4, -0.2) is 65.6 Å². The number of aryl methyl sites for hydroxylation is 1. The first-order chi connectivity index (χ1) is 16.3. The summed E-state index contributed by atoms with van der Waals surface area (Å²) in [5.74, 6) is -0.304. The molecule has 9 heteroatoms. The molecule has 0 heterocycles. The van der Waals surface area contributed by atoms with Crippen molar-refractivity contribution < 1.29 is 19.9 Å². The predicted octanol–water partition coefficient (Wildman–Crippen LogP) is 2.30. The third-order valence-corrected chi connectivity index (χ3v) is 5.35. The number of amides is 3. The van der Waals surface area contributed by atoms with E-state index in [9.17, 15) is 19.9 Å². The summed E-state index contributed by atoms with van der Waals surface area (Å²) < 4.78 is 0. The summed E-state index contributed by atoms with van der Waals surface area (Å²) in [6.07, 6.45) is 0.324. The third kappa shape index (κ3) is 8.48. The standard InChI is InChI=1S/C25H33N5O4/c1-3-19-5-7-20(8-6-19)21-9-11-22(12-10-21)24(32)29-23(18(2)31)17-27-15-16-30(34)25(33)28-14-4-13-26/h5-12,18,23,27,31,34H,3-4,14-17H2,1-2H3,(H,28,33)(H,29,32)/t18-,23+/m1/s1. The number of hydroxylamine groups is 2. The Labute approximate surface area is 200 Å². The number of aliphatic hydroxyl groups is 1. The van der Waals surface area contributed by atoms with Crippen molar-refractivity contribution in [1.82, 2.24) is 21.0 Å². The van der Waals surface area contributed by atoms with Crippen molar-refractivity contribution in [2.75, 3.05) is 26.2 Å². The molecule has 0 bridgehead atoms. The summed E-state index contributed by atoms with van der Waals surface area (Å²) in [7, 11) is 0. The Balaban J connectivity index is 1.83. The van der Waals surface area contributed by atoms with Crippen LogP contribution in [0.1, 0.15) is 36.2 Å². The zero-order valence-corrected chi connectivity index (χ0v) is 19.6. The highest BCUT2D eigenvalue weighted by Gasteiger charge is 2.19. The Morgan fingerprint density at radius 3 is 2.24 bits per heavy atom. The fourth-order valence-corrected chi connectivity index (χ4v) is 3.20. The number of benzene rings is 2. The maximum atomic E-state index is 12.7. The molecule has 0 aliphatic carbocycles. The van der Waals surface area contributed by atoms with Crippen LogP contribution in [0.3, 0.4) is 0 Å². The number of nitriles is 1. The molecule has 3 amide bonds. The minimum absolute atomic E-state index is 0.000436. The summed E-state index contributed by atoms with van der Waals surface area (Å²) in [4.78, 5) is 24.3. The predicted molar refractivity (Wildman–Crippen MR) is 129 cm³/mol. The Morgan fingerprint density at radius 1 is 1.06 bits per heavy atom. The fourth-order valence-electron chi connectivity index (χ4n) is 3.20. The number of carbonyl (C=O) groups is 2. The first-order valence-electron chi connectivity index (χ1n) is 11.4. The van der Waals surface area contributed by atoms with Gasteiger partial charge in [-0.3, -0.25) is 10.0 Å². The number of nitrogens with zero attached hydrogens (tertiary/aromatic N) is 2. The van der Waals surface area contributed by atoms with Crippen molar-refractivity contribution >= 4 is 11.9 Å². The molecule has 0 aliphatic heterocycles. The lowest BCUT2D eigenvalue weighted by Gasteiger charge is -2.23. The number of rotatable bonds is 12. The van der Waals surface area contributed by atoms with Gasteiger partial charge in [0.1, 0.15) is 0 Å². The monoisotopic (exact) mass is 467 g/mol. The molecule has 0 aromatic heterocycles. The van der Waals surface area contributed by atoms with Crippen LogP contribution in [0.15, 0.2) is 48.5 Å². The number of urea groups is 1. The molecular formula is C25H33N5O4. The molecular weight excluding hydrogens is 434 g/mol. The lowest BCUT2D eigenvalue weighted by Crippen LogP contribution is -2.49. The molecule has 182 valence electrons. The molecule has 5 N–H and O–H groups in total. The molecule has 2 aromatic rings. The van der Waals surface area contributed by atoms with Crippen LogP contribution in [0.5, 0.6) is 0 Å². The Kier molecular flexibility index (Phi) is 11.0. The van der Waals surface area contributed by atoms with Gasteiger partial charge in [0.15, 0.2) is 0 Å². The largest absolute Gasteiger partial charge is 0.391 e. The van der Waals surface area contributed by atoms with Gasteiger partial charge < -0.3 is 21.1 Å². The van der Waals surface area contributed by atoms with E-state index in [2.05, 4.69) is 47.1 Å². The first-order valence-corrected chi connectivity index (χ1v) is 11.4. The lowest BCUT2D eigenvalue weighted by molar-refractivity contribution is -0.0418. The van der Waals surface area contributed by atoms with Crippen LogP contribution in [0.4, 0.5) is 4.79 Å². The van der Waals surface area contributed by atoms with E-state index in [0.717, 1.165) is 17.5 Å². The molecule has 0 radical (unpaired) electrons. The smallest absolute Gasteiger partial charge is 0.341 e. The minimum atomic E-state index is -0.813. The summed E-state index contributed by atoms with van der Waals surface area (Å²) in [6, 6.07) is 16.2. The first kappa shape index (κ1) is 26.8. The molecule has 0 saturated heterocycles. The maximum absolute atomic E-state index is 12.7. The zero-order valence-electron chi connectivity index (χ0n) is 19.6. The molecule has 34 heavy (non-hydrogen) atoms. The molecule has 0 unspecified atom stereocenters. The van der Waals surface area contributed by atoms with E-state index in [4.69, 9.17) is 5.26 Å². The molecule has 0 saturated carbocycles. The van der Waals surface area contributed by atoms with Gasteiger partial charge in [0.2, 0.25) is 0 Å². The number of aliphatic hydroxyl groups excluding tert-OH is 1. The Hall–Kier alpha value is -3.45. The summed E-state index contributed by atoms with van der Waals surface area (Å²) in [6.45, 7) is 4.33. The van der Waals surface area contributed by atoms with E-state index in [-0.39, 0.29) is 38.5 Å². The number of carbonyl (C=O) groups excluding carboxylic acids is 2. The van der Waals surface area contributed by atoms with E-state index in [0.29, 0.717) is 10.6 Å². The average Bonchev–Trinajstić information content (AvgIpc) is 2.85. The highest BCUT2D eigenvalue weighted by Crippen LogP contribution is 2.20. The van der Waals surface area contributed by atoms with Gasteiger partial charge in [0, 0.05) is 25.2 Å². The normalized spacial score (nSPS) is 12.3. The van der Waals surface area contributed by atoms with Gasteiger partial charge >= 0.3 is 6.03 Å². The molecule has 9 nitrogen and oxygen atoms in total. The summed E-state index contributed by atoms with van der Waals surface area (Å²) >= 11 is 0. The molecule has 0 aliphatic rings. The van der Waals surface area contributed by atoms with Crippen LogP contribution >= 0.6 is 0 Å². The fraction of sp³-hybridized carbons (Fsp3) is 0.400. The van der Waals surface area contributed by atoms with Crippen molar-refractivity contribution in [3.63, 3.8) is 0 Å². The third-order valence-electron chi connectivity index (χ3n) is 5.35. The van der Waals surface area contributed by atoms with Crippen molar-refractivity contribution in [2.24, 2.45) is 0 Å². The minimum Gasteiger partial charge on any atom is -0.391 e. The van der Waals surface area contributed by atoms with E-state index < -0.39 is 18.2 Å². The van der Waals surface area contributed by atoms with Crippen LogP contribution in [0.2, 0.25) is 0 Å². The van der Waals surface area contributed by atoms with Gasteiger partial charge in [-0.25, -0.2) is 9.86 Å². The van der Waals surface area contributed by atoms with E-state index in [1.165, 1.54) is 5.56 Å². The Morgan fingerprint density at radius 2 is 1.68 bits per heavy atom. The summed E-state index contributed by atoms with van der Waals surface area (Å²) in [5.41, 5.74) is 3.84. The van der Waals surface area contributed by atoms with Gasteiger partial charge in [-0.15, -0.1) is 0 Å². The van der Waals surface area contributed by atoms with E-state index in [1.807, 2.05) is 18.2 Å². The zero-order chi connectivity index (χ0) is 24.9. The summed E-state index contributed by atoms with van der Waals surface area (Å²) in [5, 5.41) is 37.0. The van der Waals surface area contributed by atoms with Crippen molar-refractivity contribution in [3.8, 4) is 17.2 Å². The van der Waals surface area contributed by atoms with Crippen LogP contribution in [0, 0.1) is 11.3 Å². The van der Waals surface area contributed by atoms with Gasteiger partial charge in [0.05, 0.1) is 31.2 Å². The molecule has 2 rings (SSSR count). The van der Waals surface area contributed by atoms with E-state index in [1.54, 1.807) is 19.1 Å². The second-order valence-electron chi connectivity index (χ2n) is 7.92. The number of hydrogen-bond acceptors (Lipinski definition) is 6. The second kappa shape index (κ2) is 14.0. The number of nitrogens with one attached hydrogen (secondary N) is 3. The molecule has 2 atom stereocenters. The average molecular weight is 468 g/mol. The van der Waals surface area contributed by atoms with Crippen molar-refractivity contribution in [1.29, 1.82) is 5.26 Å². The topological polar surface area (TPSA) is 138 Å². The lowest BCUT2D eigenvalue weighted by atomic mass is 10.0.